The van der Waals surface area contributed by atoms with Crippen molar-refractivity contribution in [3.05, 3.63) is 108 Å². The lowest BCUT2D eigenvalue weighted by molar-refractivity contribution is 1.11. The van der Waals surface area contributed by atoms with Crippen LogP contribution in [0.5, 0.6) is 0 Å². The highest BCUT2D eigenvalue weighted by atomic mass is 14.9. The zero-order valence-corrected chi connectivity index (χ0v) is 14.0. The predicted octanol–water partition coefficient (Wildman–Crippen LogP) is 5.44. The van der Waals surface area contributed by atoms with Crippen molar-refractivity contribution in [2.75, 3.05) is 5.32 Å². The Bertz CT molecular complexity index is 977. The second-order valence-electron chi connectivity index (χ2n) is 6.21. The Labute approximate surface area is 148 Å². The molecular formula is C23H20N2. The molecule has 0 saturated heterocycles. The summed E-state index contributed by atoms with van der Waals surface area (Å²) >= 11 is 0. The van der Waals surface area contributed by atoms with Crippen LogP contribution < -0.4 is 5.32 Å². The molecule has 0 aliphatic heterocycles. The van der Waals surface area contributed by atoms with Crippen LogP contribution in [0.2, 0.25) is 0 Å². The predicted molar refractivity (Wildman–Crippen MR) is 105 cm³/mol. The third kappa shape index (κ3) is 3.69. The van der Waals surface area contributed by atoms with Crippen molar-refractivity contribution in [1.29, 1.82) is 0 Å². The van der Waals surface area contributed by atoms with Crippen molar-refractivity contribution in [2.24, 2.45) is 0 Å². The number of nitrogens with one attached hydrogen (secondary N) is 1. The Hall–Kier alpha value is -3.13. The Morgan fingerprint density at radius 2 is 1.48 bits per heavy atom. The van der Waals surface area contributed by atoms with Crippen molar-refractivity contribution in [1.82, 2.24) is 4.98 Å². The lowest BCUT2D eigenvalue weighted by Crippen LogP contribution is -2.03. The second-order valence-corrected chi connectivity index (χ2v) is 6.21. The molecule has 0 aliphatic carbocycles. The van der Waals surface area contributed by atoms with E-state index in [0.29, 0.717) is 0 Å². The fourth-order valence-corrected chi connectivity index (χ4v) is 3.07. The molecule has 0 bridgehead atoms. The van der Waals surface area contributed by atoms with Crippen LogP contribution in [0.25, 0.3) is 10.9 Å². The molecular weight excluding hydrogens is 304 g/mol. The molecule has 0 spiro atoms. The molecule has 4 rings (SSSR count). The monoisotopic (exact) mass is 324 g/mol. The third-order valence-corrected chi connectivity index (χ3v) is 4.38. The van der Waals surface area contributed by atoms with Gasteiger partial charge in [-0.25, -0.2) is 0 Å². The summed E-state index contributed by atoms with van der Waals surface area (Å²) in [5, 5.41) is 4.76. The molecule has 0 radical (unpaired) electrons. The van der Waals surface area contributed by atoms with Gasteiger partial charge in [-0.05, 0) is 34.9 Å². The van der Waals surface area contributed by atoms with Crippen LogP contribution in [0.3, 0.4) is 0 Å². The van der Waals surface area contributed by atoms with Gasteiger partial charge in [-0.2, -0.15) is 0 Å². The van der Waals surface area contributed by atoms with E-state index in [2.05, 4.69) is 83.1 Å². The minimum atomic E-state index is 0.827. The van der Waals surface area contributed by atoms with Crippen LogP contribution in [0.4, 0.5) is 5.69 Å². The molecule has 122 valence electrons. The molecule has 0 fully saturated rings. The molecule has 1 heterocycles. The van der Waals surface area contributed by atoms with Gasteiger partial charge in [0.25, 0.3) is 0 Å². The number of anilines is 1. The van der Waals surface area contributed by atoms with E-state index in [-0.39, 0.29) is 0 Å². The van der Waals surface area contributed by atoms with Gasteiger partial charge in [0.2, 0.25) is 0 Å². The van der Waals surface area contributed by atoms with Gasteiger partial charge >= 0.3 is 0 Å². The van der Waals surface area contributed by atoms with Gasteiger partial charge in [-0.15, -0.1) is 0 Å². The number of rotatable bonds is 5. The minimum absolute atomic E-state index is 0.827. The van der Waals surface area contributed by atoms with E-state index in [1.807, 2.05) is 18.3 Å². The van der Waals surface area contributed by atoms with Gasteiger partial charge < -0.3 is 5.32 Å². The molecule has 3 aromatic carbocycles. The molecule has 25 heavy (non-hydrogen) atoms. The quantitative estimate of drug-likeness (QED) is 0.529. The average molecular weight is 324 g/mol. The topological polar surface area (TPSA) is 24.9 Å². The molecule has 2 nitrogen and oxygen atoms in total. The normalized spacial score (nSPS) is 10.7. The lowest BCUT2D eigenvalue weighted by atomic mass is 10.0. The number of hydrogen-bond donors (Lipinski definition) is 1. The van der Waals surface area contributed by atoms with Gasteiger partial charge in [0.1, 0.15) is 0 Å². The summed E-state index contributed by atoms with van der Waals surface area (Å²) in [5.74, 6) is 0. The number of benzene rings is 3. The third-order valence-electron chi connectivity index (χ3n) is 4.38. The van der Waals surface area contributed by atoms with Crippen molar-refractivity contribution in [3.8, 4) is 0 Å². The average Bonchev–Trinajstić information content (AvgIpc) is 2.68. The lowest BCUT2D eigenvalue weighted by Gasteiger charge is -2.12. The van der Waals surface area contributed by atoms with E-state index in [1.54, 1.807) is 0 Å². The molecule has 0 amide bonds. The van der Waals surface area contributed by atoms with Crippen LogP contribution in [0, 0.1) is 0 Å². The first-order valence-electron chi connectivity index (χ1n) is 8.58. The Morgan fingerprint density at radius 1 is 0.720 bits per heavy atom. The number of pyridine rings is 1. The molecule has 1 N–H and O–H groups in total. The van der Waals surface area contributed by atoms with Crippen LogP contribution in [-0.4, -0.2) is 4.98 Å². The van der Waals surface area contributed by atoms with Crippen molar-refractivity contribution >= 4 is 16.6 Å². The van der Waals surface area contributed by atoms with Crippen molar-refractivity contribution in [3.63, 3.8) is 0 Å². The highest BCUT2D eigenvalue weighted by molar-refractivity contribution is 5.78. The van der Waals surface area contributed by atoms with Crippen LogP contribution in [-0.2, 0) is 13.0 Å². The summed E-state index contributed by atoms with van der Waals surface area (Å²) in [4.78, 5) is 4.58. The number of nitrogens with zero attached hydrogens (tertiary/aromatic N) is 1. The van der Waals surface area contributed by atoms with Crippen LogP contribution in [0.1, 0.15) is 16.7 Å². The maximum Gasteiger partial charge on any atom is 0.0702 e. The Kier molecular flexibility index (Phi) is 4.42. The first-order chi connectivity index (χ1) is 12.4. The van der Waals surface area contributed by atoms with Gasteiger partial charge in [0, 0.05) is 30.2 Å². The summed E-state index contributed by atoms with van der Waals surface area (Å²) in [7, 11) is 0. The Balaban J connectivity index is 1.55. The highest BCUT2D eigenvalue weighted by Crippen LogP contribution is 2.21. The van der Waals surface area contributed by atoms with Crippen LogP contribution >= 0.6 is 0 Å². The van der Waals surface area contributed by atoms with Gasteiger partial charge in [0.05, 0.1) is 5.52 Å². The fraction of sp³-hybridized carbons (Fsp3) is 0.0870. The summed E-state index contributed by atoms with van der Waals surface area (Å²) in [5.41, 5.74) is 6.02. The molecule has 1 aromatic heterocycles. The molecule has 0 aliphatic rings. The zero-order valence-electron chi connectivity index (χ0n) is 14.0. The summed E-state index contributed by atoms with van der Waals surface area (Å²) in [6.07, 6.45) is 2.85. The molecule has 2 heteroatoms. The zero-order chi connectivity index (χ0) is 16.9. The SMILES string of the molecule is c1ccc(CNc2ccccc2Cc2cnc3ccccc3c2)cc1. The van der Waals surface area contributed by atoms with E-state index >= 15 is 0 Å². The maximum absolute atomic E-state index is 4.58. The van der Waals surface area contributed by atoms with E-state index in [4.69, 9.17) is 0 Å². The molecule has 0 saturated carbocycles. The first-order valence-corrected chi connectivity index (χ1v) is 8.58. The summed E-state index contributed by atoms with van der Waals surface area (Å²) < 4.78 is 0. The minimum Gasteiger partial charge on any atom is -0.381 e. The number of fused-ring (bicyclic) bond motifs is 1. The van der Waals surface area contributed by atoms with Crippen molar-refractivity contribution in [2.45, 2.75) is 13.0 Å². The Morgan fingerprint density at radius 3 is 2.40 bits per heavy atom. The van der Waals surface area contributed by atoms with E-state index in [1.165, 1.54) is 27.8 Å². The molecule has 0 unspecified atom stereocenters. The van der Waals surface area contributed by atoms with Crippen molar-refractivity contribution < 1.29 is 0 Å². The van der Waals surface area contributed by atoms with Gasteiger partial charge in [0.15, 0.2) is 0 Å². The van der Waals surface area contributed by atoms with Gasteiger partial charge in [-0.1, -0.05) is 66.7 Å². The number of aromatic nitrogens is 1. The number of para-hydroxylation sites is 2. The van der Waals surface area contributed by atoms with Crippen LogP contribution in [0.15, 0.2) is 91.1 Å². The van der Waals surface area contributed by atoms with E-state index in [9.17, 15) is 0 Å². The standard InChI is InChI=1S/C23H20N2/c1-2-8-18(9-3-1)16-24-22-12-6-4-10-20(22)14-19-15-21-11-5-7-13-23(21)25-17-19/h1-13,15,17,24H,14,16H2. The first kappa shape index (κ1) is 15.4. The smallest absolute Gasteiger partial charge is 0.0702 e. The largest absolute Gasteiger partial charge is 0.381 e. The van der Waals surface area contributed by atoms with E-state index in [0.717, 1.165) is 18.5 Å². The molecule has 0 atom stereocenters. The van der Waals surface area contributed by atoms with E-state index < -0.39 is 0 Å². The maximum atomic E-state index is 4.58. The number of hydrogen-bond acceptors (Lipinski definition) is 2. The second kappa shape index (κ2) is 7.18. The highest BCUT2D eigenvalue weighted by Gasteiger charge is 2.05. The molecule has 4 aromatic rings. The van der Waals surface area contributed by atoms with Gasteiger partial charge in [-0.3, -0.25) is 4.98 Å². The summed E-state index contributed by atoms with van der Waals surface area (Å²) in [6, 6.07) is 29.5. The fourth-order valence-electron chi connectivity index (χ4n) is 3.07. The summed E-state index contributed by atoms with van der Waals surface area (Å²) in [6.45, 7) is 0.827.